The summed E-state index contributed by atoms with van der Waals surface area (Å²) < 4.78 is 18.6. The molecule has 0 saturated heterocycles. The minimum Gasteiger partial charge on any atom is -0.488 e. The van der Waals surface area contributed by atoms with Crippen molar-refractivity contribution >= 4 is 23.2 Å². The topological polar surface area (TPSA) is 29.5 Å². The van der Waals surface area contributed by atoms with Crippen LogP contribution in [0.15, 0.2) is 28.8 Å². The Morgan fingerprint density at radius 2 is 2.31 bits per heavy atom. The van der Waals surface area contributed by atoms with E-state index in [0.29, 0.717) is 10.8 Å². The van der Waals surface area contributed by atoms with Crippen LogP contribution in [0.3, 0.4) is 0 Å². The highest BCUT2D eigenvalue weighted by atomic mass is 35.5. The Morgan fingerprint density at radius 3 is 2.81 bits per heavy atom. The lowest BCUT2D eigenvalue weighted by Gasteiger charge is -2.09. The average molecular weight is 265 g/mol. The molecule has 0 aliphatic carbocycles. The third-order valence-corrected chi connectivity index (χ3v) is 2.51. The number of rotatable bonds is 4. The van der Waals surface area contributed by atoms with Crippen LogP contribution in [0, 0.1) is 5.82 Å². The highest BCUT2D eigenvalue weighted by molar-refractivity contribution is 6.36. The van der Waals surface area contributed by atoms with E-state index in [4.69, 9.17) is 27.9 Å². The maximum absolute atomic E-state index is 13.4. The van der Waals surface area contributed by atoms with E-state index in [-0.39, 0.29) is 12.2 Å². The molecule has 0 aromatic heterocycles. The number of ether oxygens (including phenoxy) is 1. The maximum Gasteiger partial charge on any atom is 0.132 e. The van der Waals surface area contributed by atoms with Crippen LogP contribution in [0.2, 0.25) is 0 Å². The SMILES string of the molecule is CC(O)c1ccc(OC/C(Cl)=C/Cl)cc1F. The van der Waals surface area contributed by atoms with Gasteiger partial charge in [0.15, 0.2) is 0 Å². The summed E-state index contributed by atoms with van der Waals surface area (Å²) in [6.07, 6.45) is -0.847. The molecule has 0 radical (unpaired) electrons. The molecule has 1 rings (SSSR count). The van der Waals surface area contributed by atoms with Gasteiger partial charge in [-0.3, -0.25) is 0 Å². The number of halogens is 3. The molecule has 0 aliphatic heterocycles. The Kier molecular flexibility index (Phi) is 5.06. The quantitative estimate of drug-likeness (QED) is 0.901. The molecule has 16 heavy (non-hydrogen) atoms. The van der Waals surface area contributed by atoms with Gasteiger partial charge in [0.25, 0.3) is 0 Å². The predicted molar refractivity (Wildman–Crippen MR) is 62.3 cm³/mol. The summed E-state index contributed by atoms with van der Waals surface area (Å²) in [5.41, 5.74) is 1.41. The highest BCUT2D eigenvalue weighted by Crippen LogP contribution is 2.22. The Hall–Kier alpha value is -0.770. The summed E-state index contributed by atoms with van der Waals surface area (Å²) in [4.78, 5) is 0. The van der Waals surface area contributed by atoms with Crippen molar-refractivity contribution in [3.8, 4) is 5.75 Å². The van der Waals surface area contributed by atoms with Gasteiger partial charge in [-0.2, -0.15) is 0 Å². The van der Waals surface area contributed by atoms with E-state index in [1.165, 1.54) is 24.6 Å². The van der Waals surface area contributed by atoms with Crippen LogP contribution in [0.4, 0.5) is 4.39 Å². The number of benzene rings is 1. The van der Waals surface area contributed by atoms with E-state index in [1.807, 2.05) is 0 Å². The minimum atomic E-state index is -0.847. The zero-order valence-electron chi connectivity index (χ0n) is 8.58. The molecule has 0 amide bonds. The fourth-order valence-corrected chi connectivity index (χ4v) is 1.24. The molecular formula is C11H11Cl2FO2. The van der Waals surface area contributed by atoms with E-state index >= 15 is 0 Å². The van der Waals surface area contributed by atoms with Crippen LogP contribution in [0.25, 0.3) is 0 Å². The Morgan fingerprint density at radius 1 is 1.62 bits per heavy atom. The molecule has 2 nitrogen and oxygen atoms in total. The van der Waals surface area contributed by atoms with Crippen LogP contribution in [0.5, 0.6) is 5.75 Å². The average Bonchev–Trinajstić information content (AvgIpc) is 2.25. The first-order valence-electron chi connectivity index (χ1n) is 4.59. The first-order valence-corrected chi connectivity index (χ1v) is 5.41. The van der Waals surface area contributed by atoms with Gasteiger partial charge in [0.2, 0.25) is 0 Å². The van der Waals surface area contributed by atoms with Crippen LogP contribution in [-0.2, 0) is 0 Å². The summed E-state index contributed by atoms with van der Waals surface area (Å²) >= 11 is 10.9. The van der Waals surface area contributed by atoms with Gasteiger partial charge >= 0.3 is 0 Å². The van der Waals surface area contributed by atoms with Gasteiger partial charge in [-0.15, -0.1) is 0 Å². The molecule has 1 aromatic rings. The van der Waals surface area contributed by atoms with Gasteiger partial charge in [0.05, 0.1) is 11.1 Å². The molecule has 0 aliphatic rings. The molecule has 1 aromatic carbocycles. The Labute approximate surface area is 103 Å². The zero-order chi connectivity index (χ0) is 12.1. The molecule has 0 saturated carbocycles. The van der Waals surface area contributed by atoms with E-state index in [0.717, 1.165) is 0 Å². The molecule has 0 spiro atoms. The second-order valence-corrected chi connectivity index (χ2v) is 3.91. The molecule has 1 N–H and O–H groups in total. The van der Waals surface area contributed by atoms with Gasteiger partial charge in [-0.1, -0.05) is 23.2 Å². The lowest BCUT2D eigenvalue weighted by Crippen LogP contribution is -2.00. The lowest BCUT2D eigenvalue weighted by atomic mass is 10.1. The van der Waals surface area contributed by atoms with Crippen molar-refractivity contribution in [1.29, 1.82) is 0 Å². The number of aliphatic hydroxyl groups is 1. The van der Waals surface area contributed by atoms with Crippen LogP contribution < -0.4 is 4.74 Å². The smallest absolute Gasteiger partial charge is 0.132 e. The molecule has 0 bridgehead atoms. The highest BCUT2D eigenvalue weighted by Gasteiger charge is 2.09. The van der Waals surface area contributed by atoms with Crippen molar-refractivity contribution in [1.82, 2.24) is 0 Å². The first kappa shape index (κ1) is 13.3. The zero-order valence-corrected chi connectivity index (χ0v) is 10.1. The minimum absolute atomic E-state index is 0.0819. The van der Waals surface area contributed by atoms with E-state index in [1.54, 1.807) is 6.07 Å². The predicted octanol–water partition coefficient (Wildman–Crippen LogP) is 3.58. The van der Waals surface area contributed by atoms with Crippen molar-refractivity contribution in [3.05, 3.63) is 40.1 Å². The summed E-state index contributed by atoms with van der Waals surface area (Å²) in [5.74, 6) is -0.183. The fourth-order valence-electron chi connectivity index (χ4n) is 1.12. The summed E-state index contributed by atoms with van der Waals surface area (Å²) in [5, 5.41) is 9.54. The number of hydrogen-bond acceptors (Lipinski definition) is 2. The molecule has 1 atom stereocenters. The lowest BCUT2D eigenvalue weighted by molar-refractivity contribution is 0.194. The third kappa shape index (κ3) is 3.67. The molecule has 1 unspecified atom stereocenters. The van der Waals surface area contributed by atoms with Gasteiger partial charge in [-0.05, 0) is 19.1 Å². The van der Waals surface area contributed by atoms with Crippen molar-refractivity contribution in [2.45, 2.75) is 13.0 Å². The molecule has 0 fully saturated rings. The standard InChI is InChI=1S/C11H11Cl2FO2/c1-7(15)10-3-2-9(4-11(10)14)16-6-8(13)5-12/h2-5,7,15H,6H2,1H3/b8-5-. The van der Waals surface area contributed by atoms with E-state index < -0.39 is 11.9 Å². The summed E-state index contributed by atoms with van der Waals surface area (Å²) in [7, 11) is 0. The Balaban J connectivity index is 2.74. The largest absolute Gasteiger partial charge is 0.488 e. The van der Waals surface area contributed by atoms with Gasteiger partial charge in [-0.25, -0.2) is 4.39 Å². The summed E-state index contributed by atoms with van der Waals surface area (Å²) in [6.45, 7) is 1.57. The van der Waals surface area contributed by atoms with E-state index in [9.17, 15) is 9.50 Å². The van der Waals surface area contributed by atoms with Crippen molar-refractivity contribution in [3.63, 3.8) is 0 Å². The first-order chi connectivity index (χ1) is 7.54. The molecule has 5 heteroatoms. The number of hydrogen-bond donors (Lipinski definition) is 1. The Bertz CT molecular complexity index is 392. The summed E-state index contributed by atoms with van der Waals surface area (Å²) in [6, 6.07) is 4.22. The van der Waals surface area contributed by atoms with Crippen LogP contribution in [0.1, 0.15) is 18.6 Å². The molecule has 0 heterocycles. The molecular weight excluding hydrogens is 254 g/mol. The fraction of sp³-hybridized carbons (Fsp3) is 0.273. The van der Waals surface area contributed by atoms with Crippen molar-refractivity contribution in [2.24, 2.45) is 0 Å². The normalized spacial score (nSPS) is 13.7. The maximum atomic E-state index is 13.4. The van der Waals surface area contributed by atoms with Crippen LogP contribution in [-0.4, -0.2) is 11.7 Å². The van der Waals surface area contributed by atoms with Gasteiger partial charge < -0.3 is 9.84 Å². The van der Waals surface area contributed by atoms with Crippen molar-refractivity contribution < 1.29 is 14.2 Å². The van der Waals surface area contributed by atoms with Crippen LogP contribution >= 0.6 is 23.2 Å². The third-order valence-electron chi connectivity index (χ3n) is 1.92. The van der Waals surface area contributed by atoms with Crippen molar-refractivity contribution in [2.75, 3.05) is 6.61 Å². The second-order valence-electron chi connectivity index (χ2n) is 3.20. The molecule has 88 valence electrons. The number of aliphatic hydroxyl groups excluding tert-OH is 1. The van der Waals surface area contributed by atoms with Gasteiger partial charge in [0, 0.05) is 17.2 Å². The van der Waals surface area contributed by atoms with E-state index in [2.05, 4.69) is 0 Å². The van der Waals surface area contributed by atoms with Gasteiger partial charge in [0.1, 0.15) is 18.2 Å². The monoisotopic (exact) mass is 264 g/mol. The second kappa shape index (κ2) is 6.09.